The average Bonchev–Trinajstić information content (AvgIpc) is 4.00. The molecular weight excluding hydrogens is 773 g/mol. The number of rotatable bonds is 10. The van der Waals surface area contributed by atoms with E-state index in [1.807, 2.05) is 74.6 Å². The van der Waals surface area contributed by atoms with Crippen molar-refractivity contribution in [3.63, 3.8) is 0 Å². The van der Waals surface area contributed by atoms with Crippen LogP contribution >= 0.6 is 0 Å². The van der Waals surface area contributed by atoms with E-state index in [0.29, 0.717) is 34.5 Å². The Morgan fingerprint density at radius 3 is 1.73 bits per heavy atom. The number of oxazole rings is 1. The van der Waals surface area contributed by atoms with Gasteiger partial charge in [0.1, 0.15) is 12.1 Å². The largest absolute Gasteiger partial charge is 0.449 e. The Morgan fingerprint density at radius 2 is 1.31 bits per heavy atom. The molecule has 0 atom stereocenters. The van der Waals surface area contributed by atoms with Gasteiger partial charge in [-0.25, -0.2) is 19.9 Å². The molecule has 0 N–H and O–H groups in total. The summed E-state index contributed by atoms with van der Waals surface area (Å²) < 4.78 is 16.4. The Kier molecular flexibility index (Phi) is 24.9. The lowest BCUT2D eigenvalue weighted by atomic mass is 9.89. The van der Waals surface area contributed by atoms with Gasteiger partial charge in [0.2, 0.25) is 11.8 Å². The van der Waals surface area contributed by atoms with Gasteiger partial charge in [0.25, 0.3) is 0 Å². The Labute approximate surface area is 375 Å². The lowest BCUT2D eigenvalue weighted by Crippen LogP contribution is -2.09. The molecule has 12 heteroatoms. The van der Waals surface area contributed by atoms with Crippen LogP contribution in [0, 0.1) is 40.9 Å². The minimum Gasteiger partial charge on any atom is -0.449 e. The van der Waals surface area contributed by atoms with Crippen LogP contribution in [-0.4, -0.2) is 48.8 Å². The van der Waals surface area contributed by atoms with Gasteiger partial charge < -0.3 is 22.5 Å². The van der Waals surface area contributed by atoms with E-state index >= 15 is 0 Å². The van der Waals surface area contributed by atoms with Gasteiger partial charge in [0.05, 0.1) is 24.5 Å². The normalized spacial score (nSPS) is 11.3. The number of imidazole rings is 3. The van der Waals surface area contributed by atoms with Crippen molar-refractivity contribution in [3.8, 4) is 0 Å². The Morgan fingerprint density at radius 1 is 0.645 bits per heavy atom. The van der Waals surface area contributed by atoms with E-state index in [4.69, 9.17) is 8.83 Å². The molecule has 0 aliphatic heterocycles. The van der Waals surface area contributed by atoms with E-state index in [0.717, 1.165) is 50.4 Å². The molecule has 0 aliphatic carbocycles. The molecule has 6 aromatic rings. The minimum atomic E-state index is 0.221. The molecule has 0 saturated carbocycles. The zero-order valence-electron chi connectivity index (χ0n) is 42.0. The van der Waals surface area contributed by atoms with Crippen molar-refractivity contribution < 1.29 is 8.83 Å². The molecule has 346 valence electrons. The summed E-state index contributed by atoms with van der Waals surface area (Å²) in [5.41, 5.74) is 3.52. The van der Waals surface area contributed by atoms with Crippen molar-refractivity contribution in [1.82, 2.24) is 48.8 Å². The smallest absolute Gasteiger partial charge is 0.217 e. The van der Waals surface area contributed by atoms with Gasteiger partial charge in [-0.15, -0.1) is 10.2 Å². The number of aromatic nitrogens is 10. The van der Waals surface area contributed by atoms with Crippen LogP contribution < -0.4 is 0 Å². The second-order valence-electron chi connectivity index (χ2n) is 20.9. The summed E-state index contributed by atoms with van der Waals surface area (Å²) in [6, 6.07) is 4.11. The highest BCUT2D eigenvalue weighted by Crippen LogP contribution is 2.21. The quantitative estimate of drug-likeness (QED) is 0.132. The maximum absolute atomic E-state index is 5.24. The summed E-state index contributed by atoms with van der Waals surface area (Å²) in [5, 5.41) is 7.67. The molecule has 6 aromatic heterocycles. The lowest BCUT2D eigenvalue weighted by molar-refractivity contribution is 0.349. The summed E-state index contributed by atoms with van der Waals surface area (Å²) in [5.74, 6) is 5.42. The fourth-order valence-corrected chi connectivity index (χ4v) is 5.51. The van der Waals surface area contributed by atoms with Gasteiger partial charge in [-0.05, 0) is 64.9 Å². The third kappa shape index (κ3) is 30.2. The predicted molar refractivity (Wildman–Crippen MR) is 254 cm³/mol. The third-order valence-electron chi connectivity index (χ3n) is 8.34. The van der Waals surface area contributed by atoms with Crippen LogP contribution in [0.3, 0.4) is 0 Å². The fraction of sp³-hybridized carbons (Fsp3) is 0.620. The van der Waals surface area contributed by atoms with E-state index in [-0.39, 0.29) is 5.41 Å². The molecule has 0 aliphatic rings. The van der Waals surface area contributed by atoms with Crippen molar-refractivity contribution in [2.24, 2.45) is 48.1 Å². The van der Waals surface area contributed by atoms with Gasteiger partial charge in [0, 0.05) is 90.2 Å². The Bertz CT molecular complexity index is 1930. The summed E-state index contributed by atoms with van der Waals surface area (Å²) in [6.45, 7) is 35.9. The van der Waals surface area contributed by atoms with Crippen LogP contribution in [0.5, 0.6) is 0 Å². The van der Waals surface area contributed by atoms with Gasteiger partial charge in [0.15, 0.2) is 5.89 Å². The zero-order valence-corrected chi connectivity index (χ0v) is 42.0. The molecule has 6 rings (SSSR count). The van der Waals surface area contributed by atoms with Crippen molar-refractivity contribution in [2.45, 2.75) is 156 Å². The molecule has 0 amide bonds. The standard InChI is InChI=1S/C10H15N.C9H16N2.C8H14N2O.2C8H14N2.C7H11NO/c1-10(2,3)7-9-5-4-6-11-8-9;1-9(2,3)4-6-11-7-5-10-8-11;1-6-9-10-7(11-6)5-8(2,3)4;1-7(2)4-8-5-10(3)6-9-8;1-7(2)6-8-9-4-5-10(8)3;1-6(2)5-7-8-3-4-9-7/h4-6,8H,7H2,1-3H3;5,7-8H,4,6H2,1-3H3;5H2,1-4H3;5-7H,4H2,1-3H3;4-5,7H,6H2,1-3H3;3-4,6H,5H2,1-2H3. The first kappa shape index (κ1) is 55.1. The molecule has 62 heavy (non-hydrogen) atoms. The Balaban J connectivity index is 0.000000372. The van der Waals surface area contributed by atoms with Crippen LogP contribution in [0.25, 0.3) is 0 Å². The van der Waals surface area contributed by atoms with Crippen LogP contribution in [-0.2, 0) is 52.7 Å². The molecule has 0 bridgehead atoms. The first-order chi connectivity index (χ1) is 28.8. The highest BCUT2D eigenvalue weighted by Gasteiger charge is 2.15. The van der Waals surface area contributed by atoms with Crippen LogP contribution in [0.15, 0.2) is 89.5 Å². The number of nitrogens with zero attached hydrogens (tertiary/aromatic N) is 10. The average molecular weight is 857 g/mol. The number of hydrogen-bond acceptors (Lipinski definition) is 9. The first-order valence-corrected chi connectivity index (χ1v) is 22.2. The van der Waals surface area contributed by atoms with Crippen molar-refractivity contribution in [1.29, 1.82) is 0 Å². The Hall–Kier alpha value is -4.87. The number of hydrogen-bond donors (Lipinski definition) is 0. The zero-order chi connectivity index (χ0) is 46.9. The second kappa shape index (κ2) is 27.9. The SMILES string of the molecule is CC(C)(C)CCn1ccnc1.CC(C)(C)Cc1cccnc1.CC(C)Cc1cn(C)cn1.CC(C)Cc1nccn1C.CC(C)Cc1ncco1.Cc1nnc(CC(C)(C)C)o1. The van der Waals surface area contributed by atoms with Crippen molar-refractivity contribution in [3.05, 3.63) is 115 Å². The highest BCUT2D eigenvalue weighted by atomic mass is 16.4. The van der Waals surface area contributed by atoms with Crippen molar-refractivity contribution in [2.75, 3.05) is 0 Å². The van der Waals surface area contributed by atoms with Crippen LogP contribution in [0.2, 0.25) is 0 Å². The van der Waals surface area contributed by atoms with E-state index in [9.17, 15) is 0 Å². The summed E-state index contributed by atoms with van der Waals surface area (Å²) in [7, 11) is 4.03. The monoisotopic (exact) mass is 857 g/mol. The van der Waals surface area contributed by atoms with Crippen LogP contribution in [0.4, 0.5) is 0 Å². The molecule has 0 radical (unpaired) electrons. The summed E-state index contributed by atoms with van der Waals surface area (Å²) in [4.78, 5) is 20.5. The van der Waals surface area contributed by atoms with E-state index in [2.05, 4.69) is 160 Å². The molecule has 0 aromatic carbocycles. The van der Waals surface area contributed by atoms with Gasteiger partial charge in [-0.3, -0.25) is 4.98 Å². The minimum absolute atomic E-state index is 0.221. The topological polar surface area (TPSA) is 131 Å². The van der Waals surface area contributed by atoms with E-state index in [1.165, 1.54) is 23.5 Å². The van der Waals surface area contributed by atoms with E-state index in [1.54, 1.807) is 19.4 Å². The maximum Gasteiger partial charge on any atom is 0.217 e. The van der Waals surface area contributed by atoms with Gasteiger partial charge in [-0.1, -0.05) is 110 Å². The summed E-state index contributed by atoms with van der Waals surface area (Å²) in [6.07, 6.45) is 26.7. The number of aryl methyl sites for hydroxylation is 4. The van der Waals surface area contributed by atoms with E-state index < -0.39 is 0 Å². The molecule has 12 nitrogen and oxygen atoms in total. The summed E-state index contributed by atoms with van der Waals surface area (Å²) >= 11 is 0. The molecule has 6 heterocycles. The highest BCUT2D eigenvalue weighted by molar-refractivity contribution is 5.10. The molecule has 0 spiro atoms. The molecule has 0 fully saturated rings. The first-order valence-electron chi connectivity index (χ1n) is 22.2. The third-order valence-corrected chi connectivity index (χ3v) is 8.34. The van der Waals surface area contributed by atoms with Crippen molar-refractivity contribution >= 4 is 0 Å². The molecule has 0 unspecified atom stereocenters. The molecular formula is C50H84N10O2. The second-order valence-corrected chi connectivity index (χ2v) is 20.9. The van der Waals surface area contributed by atoms with Gasteiger partial charge >= 0.3 is 0 Å². The number of pyridine rings is 1. The predicted octanol–water partition coefficient (Wildman–Crippen LogP) is 12.1. The molecule has 0 saturated heterocycles. The van der Waals surface area contributed by atoms with Crippen LogP contribution in [0.1, 0.15) is 145 Å². The lowest BCUT2D eigenvalue weighted by Gasteiger charge is -2.17. The maximum atomic E-state index is 5.24. The van der Waals surface area contributed by atoms with Gasteiger partial charge in [-0.2, -0.15) is 0 Å². The fourth-order valence-electron chi connectivity index (χ4n) is 5.51.